The number of anilines is 4. The van der Waals surface area contributed by atoms with Crippen molar-refractivity contribution >= 4 is 81.4 Å². The molecule has 1 aliphatic rings. The Labute approximate surface area is 563 Å². The summed E-state index contributed by atoms with van der Waals surface area (Å²) < 4.78 is 160. The third kappa shape index (κ3) is 26.3. The molecular formula is C69H60ClF12N7O10. The van der Waals surface area contributed by atoms with E-state index in [1.807, 2.05) is 13.8 Å². The molecule has 8 aromatic rings. The molecule has 0 spiro atoms. The number of rotatable bonds is 16. The number of carbonyl (C=O) groups excluding carboxylic acids is 5. The van der Waals surface area contributed by atoms with E-state index in [-0.39, 0.29) is 40.9 Å². The zero-order valence-corrected chi connectivity index (χ0v) is 51.8. The van der Waals surface area contributed by atoms with Gasteiger partial charge in [0.25, 0.3) is 23.6 Å². The van der Waals surface area contributed by atoms with E-state index in [4.69, 9.17) is 31.6 Å². The lowest BCUT2D eigenvalue weighted by Gasteiger charge is -2.09. The molecule has 1 aliphatic heterocycles. The van der Waals surface area contributed by atoms with Gasteiger partial charge >= 0.3 is 24.7 Å². The van der Waals surface area contributed by atoms with Gasteiger partial charge in [0.2, 0.25) is 6.29 Å². The number of nitrogens with zero attached hydrogens (tertiary/aromatic N) is 3. The first-order chi connectivity index (χ1) is 46.4. The van der Waals surface area contributed by atoms with Gasteiger partial charge in [-0.2, -0.15) is 52.7 Å². The van der Waals surface area contributed by atoms with Crippen molar-refractivity contribution in [1.29, 1.82) is 0 Å². The molecule has 0 saturated heterocycles. The van der Waals surface area contributed by atoms with Crippen molar-refractivity contribution in [2.75, 3.05) is 34.5 Å². The normalized spacial score (nSPS) is 12.6. The van der Waals surface area contributed by atoms with E-state index in [0.717, 1.165) is 66.4 Å². The lowest BCUT2D eigenvalue weighted by molar-refractivity contribution is -0.138. The van der Waals surface area contributed by atoms with Crippen LogP contribution in [0, 0.1) is 0 Å². The molecular weight excluding hydrogens is 1350 g/mol. The highest BCUT2D eigenvalue weighted by atomic mass is 35.5. The van der Waals surface area contributed by atoms with Crippen molar-refractivity contribution in [3.05, 3.63) is 274 Å². The highest BCUT2D eigenvalue weighted by Gasteiger charge is 2.33. The second-order valence-electron chi connectivity index (χ2n) is 19.6. The van der Waals surface area contributed by atoms with Gasteiger partial charge in [0.1, 0.15) is 6.29 Å². The number of alkyl halides is 12. The second-order valence-corrected chi connectivity index (χ2v) is 20.0. The van der Waals surface area contributed by atoms with E-state index in [1.165, 1.54) is 122 Å². The second kappa shape index (κ2) is 37.8. The summed E-state index contributed by atoms with van der Waals surface area (Å²) in [4.78, 5) is 63.7. The SMILES string of the molecule is C.C=COCC.CCOC1CC(c2ccc(C(=O)Nc3ccc(C(F)(F)F)cc3)cc2)=NO1.O=C(Nc1ccc(C(F)(F)F)cc1)c1ccc(/C(Cl)=N/O)cc1.O=C(Nc1ccc(C(F)(F)F)cc1)c1ccc(/C=N/O)cc1.O=Cc1ccc(C(=O)Nc2ccc(C(F)(F)F)cc2)cc1. The van der Waals surface area contributed by atoms with Gasteiger partial charge in [0.05, 0.1) is 53.5 Å². The molecule has 1 unspecified atom stereocenters. The minimum atomic E-state index is -4.42. The Kier molecular flexibility index (Phi) is 30.6. The zero-order chi connectivity index (χ0) is 72.2. The first-order valence-electron chi connectivity index (χ1n) is 28.3. The molecule has 9 rings (SSSR count). The monoisotopic (exact) mass is 1410 g/mol. The van der Waals surface area contributed by atoms with E-state index in [2.05, 4.69) is 48.1 Å². The van der Waals surface area contributed by atoms with Crippen molar-refractivity contribution in [2.24, 2.45) is 15.5 Å². The Morgan fingerprint density at radius 2 is 0.808 bits per heavy atom. The van der Waals surface area contributed by atoms with Gasteiger partial charge in [-0.25, -0.2) is 0 Å². The summed E-state index contributed by atoms with van der Waals surface area (Å²) in [7, 11) is 0. The van der Waals surface area contributed by atoms with Crippen LogP contribution in [0.3, 0.4) is 0 Å². The fourth-order valence-corrected chi connectivity index (χ4v) is 7.96. The summed E-state index contributed by atoms with van der Waals surface area (Å²) in [6, 6.07) is 41.3. The number of halogens is 13. The van der Waals surface area contributed by atoms with E-state index >= 15 is 0 Å². The smallest absolute Gasteiger partial charge is 0.416 e. The molecule has 17 nitrogen and oxygen atoms in total. The topological polar surface area (TPSA) is 239 Å². The summed E-state index contributed by atoms with van der Waals surface area (Å²) in [6.07, 6.45) is -14.2. The fourth-order valence-electron chi connectivity index (χ4n) is 7.83. The van der Waals surface area contributed by atoms with Crippen LogP contribution in [-0.2, 0) is 39.0 Å². The molecule has 6 N–H and O–H groups in total. The van der Waals surface area contributed by atoms with Crippen molar-refractivity contribution in [3.8, 4) is 0 Å². The van der Waals surface area contributed by atoms with Crippen LogP contribution in [0.5, 0.6) is 0 Å². The highest BCUT2D eigenvalue weighted by molar-refractivity contribution is 6.69. The predicted octanol–water partition coefficient (Wildman–Crippen LogP) is 18.1. The Morgan fingerprint density at radius 3 is 1.07 bits per heavy atom. The Balaban J connectivity index is 0.000000274. The number of benzene rings is 8. The molecule has 30 heteroatoms. The number of aldehydes is 1. The molecule has 0 aromatic heterocycles. The van der Waals surface area contributed by atoms with Crippen LogP contribution < -0.4 is 21.3 Å². The van der Waals surface area contributed by atoms with Crippen LogP contribution in [0.4, 0.5) is 75.4 Å². The molecule has 99 heavy (non-hydrogen) atoms. The lowest BCUT2D eigenvalue weighted by Crippen LogP contribution is -2.14. The third-order valence-corrected chi connectivity index (χ3v) is 13.1. The number of ether oxygens (including phenoxy) is 2. The molecule has 1 atom stereocenters. The van der Waals surface area contributed by atoms with E-state index in [1.54, 1.807) is 36.4 Å². The van der Waals surface area contributed by atoms with Gasteiger partial charge in [-0.1, -0.05) is 89.6 Å². The van der Waals surface area contributed by atoms with Crippen LogP contribution in [0.15, 0.2) is 222 Å². The first-order valence-corrected chi connectivity index (χ1v) is 28.7. The molecule has 0 fully saturated rings. The van der Waals surface area contributed by atoms with E-state index in [0.29, 0.717) is 52.7 Å². The highest BCUT2D eigenvalue weighted by Crippen LogP contribution is 2.33. The minimum absolute atomic E-state index is 0. The molecule has 1 heterocycles. The number of amides is 4. The fraction of sp³-hybridized carbons (Fsp3) is 0.159. The molecule has 8 aromatic carbocycles. The summed E-state index contributed by atoms with van der Waals surface area (Å²) in [6.45, 7) is 8.36. The maximum absolute atomic E-state index is 12.6. The van der Waals surface area contributed by atoms with Gasteiger partial charge in [0, 0.05) is 62.7 Å². The van der Waals surface area contributed by atoms with Crippen molar-refractivity contribution in [2.45, 2.75) is 58.7 Å². The van der Waals surface area contributed by atoms with Crippen LogP contribution in [-0.4, -0.2) is 76.9 Å². The van der Waals surface area contributed by atoms with Crippen molar-refractivity contribution in [3.63, 3.8) is 0 Å². The Hall–Kier alpha value is -11.3. The van der Waals surface area contributed by atoms with Crippen LogP contribution in [0.1, 0.15) is 118 Å². The third-order valence-electron chi connectivity index (χ3n) is 12.8. The molecule has 0 bridgehead atoms. The summed E-state index contributed by atoms with van der Waals surface area (Å²) in [5, 5.41) is 36.5. The van der Waals surface area contributed by atoms with Gasteiger partial charge in [0.15, 0.2) is 5.17 Å². The number of oxime groups is 3. The lowest BCUT2D eigenvalue weighted by atomic mass is 10.0. The predicted molar refractivity (Wildman–Crippen MR) is 349 cm³/mol. The zero-order valence-electron chi connectivity index (χ0n) is 51.0. The van der Waals surface area contributed by atoms with Crippen LogP contribution in [0.2, 0.25) is 0 Å². The van der Waals surface area contributed by atoms with Gasteiger partial charge in [-0.05, 0) is 171 Å². The van der Waals surface area contributed by atoms with Crippen molar-refractivity contribution < 1.29 is 101 Å². The van der Waals surface area contributed by atoms with E-state index < -0.39 is 76.9 Å². The van der Waals surface area contributed by atoms with E-state index in [9.17, 15) is 76.7 Å². The number of carbonyl (C=O) groups is 5. The van der Waals surface area contributed by atoms with Gasteiger partial charge in [-0.3, -0.25) is 24.0 Å². The summed E-state index contributed by atoms with van der Waals surface area (Å²) >= 11 is 5.61. The quantitative estimate of drug-likeness (QED) is 0.0134. The number of nitrogens with one attached hydrogen (secondary N) is 4. The molecule has 522 valence electrons. The Bertz CT molecular complexity index is 4010. The van der Waals surface area contributed by atoms with Crippen LogP contribution in [0.25, 0.3) is 0 Å². The number of hydrogen-bond donors (Lipinski definition) is 6. The summed E-state index contributed by atoms with van der Waals surface area (Å²) in [5.74, 6) is -1.83. The molecule has 4 amide bonds. The standard InChI is InChI=1S/C19H17F3N2O3.C15H10ClF3N2O2.C15H11F3N2O2.C15H10F3NO2.C4H8O.CH4/c1-2-26-17-11-16(24-27-17)12-3-5-13(6-4-12)18(25)23-15-9-7-14(8-10-15)19(20,21)22;16-13(21-23)9-1-3-10(4-2-9)14(22)20-12-7-5-11(6-8-12)15(17,18)19;16-15(17,18)12-5-7-13(8-6-12)20-14(21)11-3-1-10(2-4-11)9-19-22;16-15(17,18)12-5-7-13(8-6-12)19-14(21)11-3-1-10(9-20)2-4-11;1-3-5-4-2;/h3-10,17H,2,11H2,1H3,(H,23,25);1-8,23H,(H,20,22);1-9,22H,(H,20,21);1-9H,(H,19,21);3H,1,4H2,2H3;1H4/b;21-13-;19-9+;;;. The maximum atomic E-state index is 12.6. The average Bonchev–Trinajstić information content (AvgIpc) is 1.79. The van der Waals surface area contributed by atoms with Gasteiger partial charge in [-0.15, -0.1) is 0 Å². The molecule has 0 saturated carbocycles. The number of hydrogen-bond acceptors (Lipinski definition) is 13. The maximum Gasteiger partial charge on any atom is 0.416 e. The molecule has 0 radical (unpaired) electrons. The van der Waals surface area contributed by atoms with Crippen LogP contribution >= 0.6 is 11.6 Å². The van der Waals surface area contributed by atoms with Crippen molar-refractivity contribution in [1.82, 2.24) is 0 Å². The largest absolute Gasteiger partial charge is 0.502 e. The average molecular weight is 1410 g/mol. The Morgan fingerprint density at radius 1 is 0.505 bits per heavy atom. The summed E-state index contributed by atoms with van der Waals surface area (Å²) in [5.41, 5.74) is 2.19. The minimum Gasteiger partial charge on any atom is -0.502 e. The first kappa shape index (κ1) is 80.1. The molecule has 0 aliphatic carbocycles. The van der Waals surface area contributed by atoms with Gasteiger partial charge < -0.3 is 46.0 Å².